The van der Waals surface area contributed by atoms with E-state index in [0.717, 1.165) is 23.2 Å². The second kappa shape index (κ2) is 4.97. The highest BCUT2D eigenvalue weighted by molar-refractivity contribution is 9.10. The molecule has 3 heteroatoms. The van der Waals surface area contributed by atoms with Crippen molar-refractivity contribution in [3.63, 3.8) is 0 Å². The van der Waals surface area contributed by atoms with Crippen LogP contribution >= 0.6 is 15.9 Å². The van der Waals surface area contributed by atoms with Gasteiger partial charge in [0.15, 0.2) is 0 Å². The van der Waals surface area contributed by atoms with Gasteiger partial charge in [-0.05, 0) is 31.0 Å². The zero-order valence-electron chi connectivity index (χ0n) is 8.68. The molecule has 1 fully saturated rings. The van der Waals surface area contributed by atoms with E-state index >= 15 is 0 Å². The first kappa shape index (κ1) is 10.9. The molecule has 0 atom stereocenters. The van der Waals surface area contributed by atoms with Crippen molar-refractivity contribution < 1.29 is 4.39 Å². The summed E-state index contributed by atoms with van der Waals surface area (Å²) in [6.07, 6.45) is 4.90. The summed E-state index contributed by atoms with van der Waals surface area (Å²) in [4.78, 5) is 2.16. The summed E-state index contributed by atoms with van der Waals surface area (Å²) in [5.74, 6) is -0.119. The number of benzene rings is 1. The fraction of sp³-hybridized carbons (Fsp3) is 0.500. The second-order valence-electron chi connectivity index (χ2n) is 4.00. The normalized spacial score (nSPS) is 17.6. The molecule has 0 amide bonds. The van der Waals surface area contributed by atoms with E-state index < -0.39 is 0 Å². The van der Waals surface area contributed by atoms with E-state index in [9.17, 15) is 4.39 Å². The Hall–Kier alpha value is -0.570. The molecule has 1 aromatic carbocycles. The van der Waals surface area contributed by atoms with Crippen LogP contribution in [0.25, 0.3) is 0 Å². The maximum Gasteiger partial charge on any atom is 0.147 e. The molecule has 0 saturated carbocycles. The summed E-state index contributed by atoms with van der Waals surface area (Å²) in [7, 11) is 0. The molecule has 1 saturated heterocycles. The lowest BCUT2D eigenvalue weighted by Crippen LogP contribution is -2.24. The predicted octanol–water partition coefficient (Wildman–Crippen LogP) is 3.97. The van der Waals surface area contributed by atoms with Crippen molar-refractivity contribution >= 4 is 21.6 Å². The summed E-state index contributed by atoms with van der Waals surface area (Å²) in [5, 5.41) is 0. The van der Waals surface area contributed by atoms with Gasteiger partial charge in [0.2, 0.25) is 0 Å². The van der Waals surface area contributed by atoms with Gasteiger partial charge in [0.25, 0.3) is 0 Å². The molecule has 1 aromatic rings. The Labute approximate surface area is 98.4 Å². The molecule has 1 heterocycles. The van der Waals surface area contributed by atoms with Crippen molar-refractivity contribution in [1.29, 1.82) is 0 Å². The third-order valence-corrected chi connectivity index (χ3v) is 3.35. The highest BCUT2D eigenvalue weighted by Crippen LogP contribution is 2.25. The zero-order valence-corrected chi connectivity index (χ0v) is 10.3. The number of halogens is 2. The maximum absolute atomic E-state index is 13.7. The maximum atomic E-state index is 13.7. The fourth-order valence-electron chi connectivity index (χ4n) is 2.05. The van der Waals surface area contributed by atoms with Gasteiger partial charge < -0.3 is 4.90 Å². The minimum Gasteiger partial charge on any atom is -0.369 e. The third kappa shape index (κ3) is 2.71. The van der Waals surface area contributed by atoms with Crippen LogP contribution in [0.3, 0.4) is 0 Å². The molecule has 0 bridgehead atoms. The van der Waals surface area contributed by atoms with Gasteiger partial charge >= 0.3 is 0 Å². The SMILES string of the molecule is Fc1cc(Br)ccc1N1CCCCCC1. The number of rotatable bonds is 1. The van der Waals surface area contributed by atoms with Crippen LogP contribution in [0.15, 0.2) is 22.7 Å². The highest BCUT2D eigenvalue weighted by atomic mass is 79.9. The lowest BCUT2D eigenvalue weighted by atomic mass is 10.2. The van der Waals surface area contributed by atoms with Crippen molar-refractivity contribution in [3.8, 4) is 0 Å². The van der Waals surface area contributed by atoms with E-state index in [4.69, 9.17) is 0 Å². The van der Waals surface area contributed by atoms with Crippen molar-refractivity contribution in [2.24, 2.45) is 0 Å². The number of hydrogen-bond donors (Lipinski definition) is 0. The second-order valence-corrected chi connectivity index (χ2v) is 4.91. The number of hydrogen-bond acceptors (Lipinski definition) is 1. The third-order valence-electron chi connectivity index (χ3n) is 2.86. The van der Waals surface area contributed by atoms with Gasteiger partial charge in [0, 0.05) is 17.6 Å². The summed E-state index contributed by atoms with van der Waals surface area (Å²) < 4.78 is 14.5. The molecular formula is C12H15BrFN. The summed E-state index contributed by atoms with van der Waals surface area (Å²) in [6.45, 7) is 1.97. The van der Waals surface area contributed by atoms with Crippen LogP contribution in [0.4, 0.5) is 10.1 Å². The molecule has 1 nitrogen and oxygen atoms in total. The predicted molar refractivity (Wildman–Crippen MR) is 64.8 cm³/mol. The molecule has 0 unspecified atom stereocenters. The van der Waals surface area contributed by atoms with E-state index in [1.165, 1.54) is 25.7 Å². The molecule has 0 aliphatic carbocycles. The van der Waals surface area contributed by atoms with Gasteiger partial charge in [-0.1, -0.05) is 28.8 Å². The molecule has 2 rings (SSSR count). The Morgan fingerprint density at radius 2 is 1.73 bits per heavy atom. The molecule has 0 radical (unpaired) electrons. The van der Waals surface area contributed by atoms with Gasteiger partial charge in [0.1, 0.15) is 5.82 Å². The fourth-order valence-corrected chi connectivity index (χ4v) is 2.38. The van der Waals surface area contributed by atoms with Gasteiger partial charge in [0.05, 0.1) is 5.69 Å². The molecule has 82 valence electrons. The van der Waals surface area contributed by atoms with Gasteiger partial charge in [-0.25, -0.2) is 4.39 Å². The Morgan fingerprint density at radius 3 is 2.33 bits per heavy atom. The average molecular weight is 272 g/mol. The minimum atomic E-state index is -0.119. The van der Waals surface area contributed by atoms with E-state index in [0.29, 0.717) is 0 Å². The summed E-state index contributed by atoms with van der Waals surface area (Å²) in [6, 6.07) is 5.31. The zero-order chi connectivity index (χ0) is 10.7. The van der Waals surface area contributed by atoms with Crippen LogP contribution in [-0.2, 0) is 0 Å². The number of nitrogens with zero attached hydrogens (tertiary/aromatic N) is 1. The lowest BCUT2D eigenvalue weighted by Gasteiger charge is -2.23. The van der Waals surface area contributed by atoms with Crippen molar-refractivity contribution in [1.82, 2.24) is 0 Å². The standard InChI is InChI=1S/C12H15BrFN/c13-10-5-6-12(11(14)9-10)15-7-3-1-2-4-8-15/h5-6,9H,1-4,7-8H2. The Bertz CT molecular complexity index is 332. The smallest absolute Gasteiger partial charge is 0.147 e. The Kier molecular flexibility index (Phi) is 3.62. The van der Waals surface area contributed by atoms with E-state index in [1.54, 1.807) is 6.07 Å². The highest BCUT2D eigenvalue weighted by Gasteiger charge is 2.13. The quantitative estimate of drug-likeness (QED) is 0.747. The molecule has 0 spiro atoms. The molecule has 0 N–H and O–H groups in total. The van der Waals surface area contributed by atoms with E-state index in [1.807, 2.05) is 12.1 Å². The first-order valence-electron chi connectivity index (χ1n) is 5.47. The van der Waals surface area contributed by atoms with Crippen LogP contribution in [0.5, 0.6) is 0 Å². The van der Waals surface area contributed by atoms with Crippen molar-refractivity contribution in [2.75, 3.05) is 18.0 Å². The monoisotopic (exact) mass is 271 g/mol. The Balaban J connectivity index is 2.19. The number of anilines is 1. The van der Waals surface area contributed by atoms with Crippen LogP contribution in [-0.4, -0.2) is 13.1 Å². The minimum absolute atomic E-state index is 0.119. The van der Waals surface area contributed by atoms with E-state index in [2.05, 4.69) is 20.8 Å². The van der Waals surface area contributed by atoms with E-state index in [-0.39, 0.29) is 5.82 Å². The molecule has 15 heavy (non-hydrogen) atoms. The van der Waals surface area contributed by atoms with Crippen molar-refractivity contribution in [2.45, 2.75) is 25.7 Å². The van der Waals surface area contributed by atoms with Gasteiger partial charge in [-0.2, -0.15) is 0 Å². The summed E-state index contributed by atoms with van der Waals surface area (Å²) in [5.41, 5.74) is 0.750. The molecule has 1 aliphatic heterocycles. The molecule has 0 aromatic heterocycles. The topological polar surface area (TPSA) is 3.24 Å². The van der Waals surface area contributed by atoms with Crippen LogP contribution in [0.1, 0.15) is 25.7 Å². The first-order valence-corrected chi connectivity index (χ1v) is 6.27. The lowest BCUT2D eigenvalue weighted by molar-refractivity contribution is 0.616. The first-order chi connectivity index (χ1) is 7.27. The average Bonchev–Trinajstić information content (AvgIpc) is 2.46. The summed E-state index contributed by atoms with van der Waals surface area (Å²) >= 11 is 3.28. The van der Waals surface area contributed by atoms with Crippen LogP contribution in [0.2, 0.25) is 0 Å². The van der Waals surface area contributed by atoms with Crippen LogP contribution in [0, 0.1) is 5.82 Å². The molecular weight excluding hydrogens is 257 g/mol. The van der Waals surface area contributed by atoms with Gasteiger partial charge in [-0.3, -0.25) is 0 Å². The van der Waals surface area contributed by atoms with Crippen LogP contribution < -0.4 is 4.90 Å². The van der Waals surface area contributed by atoms with Gasteiger partial charge in [-0.15, -0.1) is 0 Å². The largest absolute Gasteiger partial charge is 0.369 e. The van der Waals surface area contributed by atoms with Crippen molar-refractivity contribution in [3.05, 3.63) is 28.5 Å². The molecule has 1 aliphatic rings. The Morgan fingerprint density at radius 1 is 1.07 bits per heavy atom.